The van der Waals surface area contributed by atoms with E-state index >= 15 is 0 Å². The first-order chi connectivity index (χ1) is 6.97. The van der Waals surface area contributed by atoms with Gasteiger partial charge in [-0.15, -0.1) is 5.10 Å². The highest BCUT2D eigenvalue weighted by Gasteiger charge is 2.42. The lowest BCUT2D eigenvalue weighted by Crippen LogP contribution is -2.33. The predicted octanol–water partition coefficient (Wildman–Crippen LogP) is 0.293. The fraction of sp³-hybridized carbons (Fsp3) is 0.833. The number of alkyl halides is 4. The third-order valence-corrected chi connectivity index (χ3v) is 1.62. The Morgan fingerprint density at radius 2 is 2.13 bits per heavy atom. The largest absolute Gasteiger partial charge is 0.326 e. The second kappa shape index (κ2) is 4.51. The summed E-state index contributed by atoms with van der Waals surface area (Å²) in [4.78, 5) is 0. The van der Waals surface area contributed by atoms with Crippen LogP contribution in [-0.2, 0) is 13.1 Å². The maximum Gasteiger partial charge on any atom is 0.326 e. The first kappa shape index (κ1) is 11.8. The van der Waals surface area contributed by atoms with Crippen LogP contribution in [0.25, 0.3) is 0 Å². The fourth-order valence-corrected chi connectivity index (χ4v) is 0.899. The number of hydrogen-bond donors (Lipinski definition) is 1. The van der Waals surface area contributed by atoms with Gasteiger partial charge in [-0.3, -0.25) is 0 Å². The van der Waals surface area contributed by atoms with Crippen LogP contribution in [-0.4, -0.2) is 39.6 Å². The molecule has 9 heteroatoms. The van der Waals surface area contributed by atoms with Gasteiger partial charge in [0.05, 0.1) is 6.54 Å². The van der Waals surface area contributed by atoms with E-state index in [0.717, 1.165) is 0 Å². The predicted molar refractivity (Wildman–Crippen MR) is 41.5 cm³/mol. The van der Waals surface area contributed by atoms with Gasteiger partial charge in [-0.25, -0.2) is 13.5 Å². The summed E-state index contributed by atoms with van der Waals surface area (Å²) in [7, 11) is 1.56. The van der Waals surface area contributed by atoms with Crippen LogP contribution >= 0.6 is 0 Å². The van der Waals surface area contributed by atoms with Crippen molar-refractivity contribution in [3.63, 3.8) is 0 Å². The minimum atomic E-state index is -4.13. The highest BCUT2D eigenvalue weighted by Crippen LogP contribution is 2.24. The Morgan fingerprint density at radius 1 is 1.47 bits per heavy atom. The van der Waals surface area contributed by atoms with E-state index in [0.29, 0.717) is 4.68 Å². The number of tetrazole rings is 1. The molecule has 1 N–H and O–H groups in total. The van der Waals surface area contributed by atoms with Crippen molar-refractivity contribution in [1.82, 2.24) is 25.5 Å². The van der Waals surface area contributed by atoms with Crippen molar-refractivity contribution in [2.45, 2.75) is 25.4 Å². The Labute approximate surface area is 82.5 Å². The summed E-state index contributed by atoms with van der Waals surface area (Å²) in [5.41, 5.74) is 0. The fourth-order valence-electron chi connectivity index (χ4n) is 0.899. The molecule has 0 aliphatic heterocycles. The van der Waals surface area contributed by atoms with Crippen LogP contribution in [0.2, 0.25) is 0 Å². The maximum atomic E-state index is 12.6. The van der Waals surface area contributed by atoms with Gasteiger partial charge in [0.25, 0.3) is 0 Å². The molecule has 0 aliphatic rings. The van der Waals surface area contributed by atoms with E-state index in [2.05, 4.69) is 20.8 Å². The van der Waals surface area contributed by atoms with Crippen molar-refractivity contribution in [3.8, 4) is 0 Å². The minimum absolute atomic E-state index is 0.0813. The molecule has 0 atom stereocenters. The molecule has 0 fully saturated rings. The van der Waals surface area contributed by atoms with E-state index in [4.69, 9.17) is 0 Å². The average molecular weight is 227 g/mol. The summed E-state index contributed by atoms with van der Waals surface area (Å²) in [6, 6.07) is 0. The highest BCUT2D eigenvalue weighted by molar-refractivity contribution is 4.82. The summed E-state index contributed by atoms with van der Waals surface area (Å²) in [6.07, 6.45) is -3.73. The Kier molecular flexibility index (Phi) is 3.56. The minimum Gasteiger partial charge on any atom is -0.313 e. The zero-order valence-electron chi connectivity index (χ0n) is 7.79. The zero-order valence-corrected chi connectivity index (χ0v) is 7.79. The number of nitrogens with zero attached hydrogens (tertiary/aromatic N) is 4. The topological polar surface area (TPSA) is 55.6 Å². The standard InChI is InChI=1S/C6H9F4N5/c1-11-2-4-12-13-14-15(4)3-6(9,10)5(7)8/h5,11H,2-3H2,1H3. The van der Waals surface area contributed by atoms with Crippen molar-refractivity contribution in [2.24, 2.45) is 0 Å². The molecular formula is C6H9F4N5. The lowest BCUT2D eigenvalue weighted by Gasteiger charge is -2.15. The summed E-state index contributed by atoms with van der Waals surface area (Å²) in [5.74, 6) is -4.05. The van der Waals surface area contributed by atoms with Crippen LogP contribution in [0.4, 0.5) is 17.6 Å². The third-order valence-electron chi connectivity index (χ3n) is 1.62. The number of rotatable bonds is 5. The van der Waals surface area contributed by atoms with Crippen LogP contribution in [0.15, 0.2) is 0 Å². The van der Waals surface area contributed by atoms with Crippen LogP contribution in [0.5, 0.6) is 0 Å². The van der Waals surface area contributed by atoms with E-state index < -0.39 is 18.9 Å². The average Bonchev–Trinajstić information content (AvgIpc) is 2.52. The van der Waals surface area contributed by atoms with Crippen molar-refractivity contribution < 1.29 is 17.6 Å². The first-order valence-electron chi connectivity index (χ1n) is 4.03. The number of aromatic nitrogens is 4. The molecule has 0 bridgehead atoms. The molecule has 0 aliphatic carbocycles. The smallest absolute Gasteiger partial charge is 0.313 e. The van der Waals surface area contributed by atoms with Crippen LogP contribution in [0.1, 0.15) is 5.82 Å². The quantitative estimate of drug-likeness (QED) is 0.735. The molecule has 5 nitrogen and oxygen atoms in total. The number of halogens is 4. The molecule has 1 heterocycles. The summed E-state index contributed by atoms with van der Waals surface area (Å²) < 4.78 is 49.7. The van der Waals surface area contributed by atoms with E-state index in [1.54, 1.807) is 7.05 Å². The Hall–Kier alpha value is -1.25. The lowest BCUT2D eigenvalue weighted by molar-refractivity contribution is -0.139. The Bertz CT molecular complexity index is 312. The number of nitrogens with one attached hydrogen (secondary N) is 1. The van der Waals surface area contributed by atoms with Crippen molar-refractivity contribution in [1.29, 1.82) is 0 Å². The monoisotopic (exact) mass is 227 g/mol. The van der Waals surface area contributed by atoms with E-state index in [-0.39, 0.29) is 12.4 Å². The van der Waals surface area contributed by atoms with Crippen molar-refractivity contribution >= 4 is 0 Å². The molecule has 0 saturated heterocycles. The molecular weight excluding hydrogens is 218 g/mol. The van der Waals surface area contributed by atoms with Gasteiger partial charge in [0.1, 0.15) is 6.54 Å². The summed E-state index contributed by atoms with van der Waals surface area (Å²) in [5, 5.41) is 12.4. The van der Waals surface area contributed by atoms with Crippen LogP contribution in [0, 0.1) is 0 Å². The molecule has 86 valence electrons. The molecule has 1 aromatic heterocycles. The van der Waals surface area contributed by atoms with Gasteiger partial charge >= 0.3 is 12.3 Å². The van der Waals surface area contributed by atoms with Gasteiger partial charge < -0.3 is 5.32 Å². The Balaban J connectivity index is 2.75. The molecule has 15 heavy (non-hydrogen) atoms. The van der Waals surface area contributed by atoms with E-state index in [1.807, 2.05) is 0 Å². The van der Waals surface area contributed by atoms with Gasteiger partial charge in [0.15, 0.2) is 5.82 Å². The molecule has 0 saturated carbocycles. The molecule has 0 amide bonds. The van der Waals surface area contributed by atoms with Crippen molar-refractivity contribution in [3.05, 3.63) is 5.82 Å². The molecule has 1 rings (SSSR count). The second-order valence-corrected chi connectivity index (χ2v) is 2.84. The highest BCUT2D eigenvalue weighted by atomic mass is 19.3. The zero-order chi connectivity index (χ0) is 11.5. The molecule has 0 unspecified atom stereocenters. The van der Waals surface area contributed by atoms with Gasteiger partial charge in [-0.1, -0.05) is 0 Å². The lowest BCUT2D eigenvalue weighted by atomic mass is 10.3. The maximum absolute atomic E-state index is 12.6. The number of hydrogen-bond acceptors (Lipinski definition) is 4. The van der Waals surface area contributed by atoms with Gasteiger partial charge in [-0.05, 0) is 17.5 Å². The third kappa shape index (κ3) is 2.85. The molecule has 1 aromatic rings. The van der Waals surface area contributed by atoms with E-state index in [9.17, 15) is 17.6 Å². The molecule has 0 radical (unpaired) electrons. The molecule has 0 spiro atoms. The normalized spacial score (nSPS) is 12.4. The Morgan fingerprint density at radius 3 is 2.67 bits per heavy atom. The SMILES string of the molecule is CNCc1nnnn1CC(F)(F)C(F)F. The van der Waals surface area contributed by atoms with Crippen LogP contribution < -0.4 is 5.32 Å². The van der Waals surface area contributed by atoms with Crippen molar-refractivity contribution in [2.75, 3.05) is 7.05 Å². The molecule has 0 aromatic carbocycles. The first-order valence-corrected chi connectivity index (χ1v) is 4.03. The van der Waals surface area contributed by atoms with Crippen LogP contribution in [0.3, 0.4) is 0 Å². The van der Waals surface area contributed by atoms with Gasteiger partial charge in [-0.2, -0.15) is 8.78 Å². The van der Waals surface area contributed by atoms with Gasteiger partial charge in [0, 0.05) is 0 Å². The summed E-state index contributed by atoms with van der Waals surface area (Å²) in [6.45, 7) is -1.10. The second-order valence-electron chi connectivity index (χ2n) is 2.84. The van der Waals surface area contributed by atoms with E-state index in [1.165, 1.54) is 0 Å². The van der Waals surface area contributed by atoms with Gasteiger partial charge in [0.2, 0.25) is 0 Å². The summed E-state index contributed by atoms with van der Waals surface area (Å²) >= 11 is 0.